The van der Waals surface area contributed by atoms with Gasteiger partial charge in [0.1, 0.15) is 6.42 Å². The van der Waals surface area contributed by atoms with E-state index in [0.717, 1.165) is 11.3 Å². The third-order valence-electron chi connectivity index (χ3n) is 1.60. The molecule has 1 aromatic rings. The maximum atomic E-state index is 11.1. The molecule has 1 rings (SSSR count). The highest BCUT2D eigenvalue weighted by Gasteiger charge is 2.12. The van der Waals surface area contributed by atoms with Crippen molar-refractivity contribution in [3.05, 3.63) is 10.6 Å². The van der Waals surface area contributed by atoms with Crippen LogP contribution in [0, 0.1) is 18.3 Å². The summed E-state index contributed by atoms with van der Waals surface area (Å²) in [6.07, 6.45) is -0.214. The molecule has 15 heavy (non-hydrogen) atoms. The lowest BCUT2D eigenvalue weighted by Gasteiger charge is -1.94. The fraction of sp³-hybridized carbons (Fsp3) is 0.333. The molecule has 0 spiro atoms. The van der Waals surface area contributed by atoms with E-state index in [1.165, 1.54) is 6.92 Å². The zero-order valence-electron chi connectivity index (χ0n) is 8.33. The molecule has 0 aromatic carbocycles. The van der Waals surface area contributed by atoms with Crippen molar-refractivity contribution in [3.63, 3.8) is 0 Å². The molecule has 0 saturated carbocycles. The average molecular weight is 223 g/mol. The first-order valence-corrected chi connectivity index (χ1v) is 5.01. The van der Waals surface area contributed by atoms with Crippen LogP contribution in [0.4, 0.5) is 5.13 Å². The van der Waals surface area contributed by atoms with E-state index < -0.39 is 5.91 Å². The van der Waals surface area contributed by atoms with Crippen molar-refractivity contribution in [2.75, 3.05) is 5.32 Å². The lowest BCUT2D eigenvalue weighted by Crippen LogP contribution is -2.09. The zero-order valence-corrected chi connectivity index (χ0v) is 9.14. The number of rotatable bonds is 3. The molecule has 6 heteroatoms. The number of aromatic nitrogens is 1. The third-order valence-corrected chi connectivity index (χ3v) is 2.78. The largest absolute Gasteiger partial charge is 0.301 e. The normalized spacial score (nSPS) is 9.40. The average Bonchev–Trinajstić information content (AvgIpc) is 2.47. The minimum atomic E-state index is -0.415. The number of nitriles is 1. The van der Waals surface area contributed by atoms with E-state index in [1.54, 1.807) is 13.0 Å². The molecule has 1 aromatic heterocycles. The summed E-state index contributed by atoms with van der Waals surface area (Å²) < 4.78 is 0. The van der Waals surface area contributed by atoms with Crippen LogP contribution in [0.5, 0.6) is 0 Å². The maximum absolute atomic E-state index is 11.1. The van der Waals surface area contributed by atoms with Gasteiger partial charge in [-0.25, -0.2) is 4.98 Å². The van der Waals surface area contributed by atoms with Crippen molar-refractivity contribution in [2.45, 2.75) is 20.3 Å². The second-order valence-electron chi connectivity index (χ2n) is 2.87. The van der Waals surface area contributed by atoms with Gasteiger partial charge in [0.25, 0.3) is 0 Å². The van der Waals surface area contributed by atoms with Gasteiger partial charge in [0.05, 0.1) is 16.6 Å². The molecule has 0 radical (unpaired) electrons. The van der Waals surface area contributed by atoms with E-state index in [2.05, 4.69) is 10.3 Å². The van der Waals surface area contributed by atoms with Gasteiger partial charge in [-0.3, -0.25) is 9.59 Å². The van der Waals surface area contributed by atoms with E-state index >= 15 is 0 Å². The summed E-state index contributed by atoms with van der Waals surface area (Å²) in [5, 5.41) is 11.1. The number of anilines is 1. The Kier molecular flexibility index (Phi) is 3.52. The molecule has 5 nitrogen and oxygen atoms in total. The summed E-state index contributed by atoms with van der Waals surface area (Å²) in [7, 11) is 0. The second-order valence-corrected chi connectivity index (χ2v) is 3.87. The first kappa shape index (κ1) is 11.3. The van der Waals surface area contributed by atoms with Crippen LogP contribution in [-0.4, -0.2) is 16.7 Å². The van der Waals surface area contributed by atoms with Crippen LogP contribution in [0.3, 0.4) is 0 Å². The minimum Gasteiger partial charge on any atom is -0.301 e. The Morgan fingerprint density at radius 3 is 2.73 bits per heavy atom. The SMILES string of the molecule is CC(=O)c1sc(NC(=O)CC#N)nc1C. The molecule has 1 N–H and O–H groups in total. The minimum absolute atomic E-state index is 0.0780. The summed E-state index contributed by atoms with van der Waals surface area (Å²) in [5.74, 6) is -0.493. The van der Waals surface area contributed by atoms with Gasteiger partial charge in [-0.15, -0.1) is 0 Å². The van der Waals surface area contributed by atoms with Gasteiger partial charge in [0.15, 0.2) is 10.9 Å². The van der Waals surface area contributed by atoms with Crippen LogP contribution in [0.1, 0.15) is 28.7 Å². The van der Waals surface area contributed by atoms with Gasteiger partial charge in [0.2, 0.25) is 5.91 Å². The van der Waals surface area contributed by atoms with Crippen molar-refractivity contribution in [1.29, 1.82) is 5.26 Å². The molecule has 1 amide bonds. The van der Waals surface area contributed by atoms with E-state index in [4.69, 9.17) is 5.26 Å². The van der Waals surface area contributed by atoms with Crippen LogP contribution < -0.4 is 5.32 Å². The van der Waals surface area contributed by atoms with Crippen molar-refractivity contribution in [3.8, 4) is 6.07 Å². The Hall–Kier alpha value is -1.74. The highest BCUT2D eigenvalue weighted by Crippen LogP contribution is 2.22. The standard InChI is InChI=1S/C9H9N3O2S/c1-5-8(6(2)13)15-9(11-5)12-7(14)3-4-10/h3H2,1-2H3,(H,11,12,14). The molecule has 0 aliphatic heterocycles. The van der Waals surface area contributed by atoms with Gasteiger partial charge in [-0.1, -0.05) is 11.3 Å². The molecule has 0 atom stereocenters. The molecule has 1 heterocycles. The summed E-state index contributed by atoms with van der Waals surface area (Å²) >= 11 is 1.12. The molecular formula is C9H9N3O2S. The molecule has 0 aliphatic carbocycles. The van der Waals surface area contributed by atoms with Gasteiger partial charge >= 0.3 is 0 Å². The lowest BCUT2D eigenvalue weighted by atomic mass is 10.3. The van der Waals surface area contributed by atoms with Crippen LogP contribution in [0.25, 0.3) is 0 Å². The highest BCUT2D eigenvalue weighted by molar-refractivity contribution is 7.17. The van der Waals surface area contributed by atoms with Crippen molar-refractivity contribution in [2.24, 2.45) is 0 Å². The predicted molar refractivity (Wildman–Crippen MR) is 55.7 cm³/mol. The Balaban J connectivity index is 2.81. The first-order valence-electron chi connectivity index (χ1n) is 4.19. The first-order chi connectivity index (χ1) is 7.04. The van der Waals surface area contributed by atoms with Crippen LogP contribution in [0.2, 0.25) is 0 Å². The highest BCUT2D eigenvalue weighted by atomic mass is 32.1. The number of carbonyl (C=O) groups is 2. The number of carbonyl (C=O) groups excluding carboxylic acids is 2. The predicted octanol–water partition coefficient (Wildman–Crippen LogP) is 1.51. The van der Waals surface area contributed by atoms with E-state index in [9.17, 15) is 9.59 Å². The zero-order chi connectivity index (χ0) is 11.4. The molecule has 0 bridgehead atoms. The summed E-state index contributed by atoms with van der Waals surface area (Å²) in [6.45, 7) is 3.15. The number of thiazole rings is 1. The monoisotopic (exact) mass is 223 g/mol. The lowest BCUT2D eigenvalue weighted by molar-refractivity contribution is -0.115. The topological polar surface area (TPSA) is 82.9 Å². The molecule has 0 fully saturated rings. The Labute approximate surface area is 90.7 Å². The van der Waals surface area contributed by atoms with Gasteiger partial charge in [-0.2, -0.15) is 5.26 Å². The summed E-state index contributed by atoms with van der Waals surface area (Å²) in [5.41, 5.74) is 0.597. The summed E-state index contributed by atoms with van der Waals surface area (Å²) in [6, 6.07) is 1.73. The smallest absolute Gasteiger partial charge is 0.240 e. The quantitative estimate of drug-likeness (QED) is 0.787. The molecule has 78 valence electrons. The van der Waals surface area contributed by atoms with Gasteiger partial charge in [0, 0.05) is 6.92 Å². The fourth-order valence-corrected chi connectivity index (χ4v) is 1.89. The molecule has 0 unspecified atom stereocenters. The Morgan fingerprint density at radius 2 is 2.27 bits per heavy atom. The van der Waals surface area contributed by atoms with Crippen LogP contribution in [0.15, 0.2) is 0 Å². The van der Waals surface area contributed by atoms with E-state index in [1.807, 2.05) is 0 Å². The number of nitrogens with zero attached hydrogens (tertiary/aromatic N) is 2. The molecule has 0 saturated heterocycles. The number of aryl methyl sites for hydroxylation is 1. The van der Waals surface area contributed by atoms with Crippen molar-refractivity contribution < 1.29 is 9.59 Å². The number of amides is 1. The Morgan fingerprint density at radius 1 is 1.60 bits per heavy atom. The fourth-order valence-electron chi connectivity index (χ4n) is 1.01. The number of ketones is 1. The number of Topliss-reactive ketones (excluding diaryl/α,β-unsaturated/α-hetero) is 1. The molecule has 0 aliphatic rings. The Bertz CT molecular complexity index is 445. The van der Waals surface area contributed by atoms with Crippen LogP contribution >= 0.6 is 11.3 Å². The van der Waals surface area contributed by atoms with Crippen molar-refractivity contribution in [1.82, 2.24) is 4.98 Å². The third kappa shape index (κ3) is 2.86. The van der Waals surface area contributed by atoms with Gasteiger partial charge in [-0.05, 0) is 6.92 Å². The molecular weight excluding hydrogens is 214 g/mol. The number of nitrogens with one attached hydrogen (secondary N) is 1. The second kappa shape index (κ2) is 4.66. The van der Waals surface area contributed by atoms with Crippen molar-refractivity contribution >= 4 is 28.2 Å². The van der Waals surface area contributed by atoms with Gasteiger partial charge < -0.3 is 5.32 Å². The van der Waals surface area contributed by atoms with Crippen LogP contribution in [-0.2, 0) is 4.79 Å². The van der Waals surface area contributed by atoms with E-state index in [0.29, 0.717) is 15.7 Å². The summed E-state index contributed by atoms with van der Waals surface area (Å²) in [4.78, 5) is 26.7. The number of hydrogen-bond acceptors (Lipinski definition) is 5. The van der Waals surface area contributed by atoms with E-state index in [-0.39, 0.29) is 12.2 Å². The number of hydrogen-bond donors (Lipinski definition) is 1. The maximum Gasteiger partial charge on any atom is 0.240 e.